The summed E-state index contributed by atoms with van der Waals surface area (Å²) in [6.45, 7) is 0. The normalized spacial score (nSPS) is 17.9. The molecule has 1 atom stereocenters. The molecule has 0 aromatic heterocycles. The average Bonchev–Trinajstić information content (AvgIpc) is 2.94. The number of ketones is 1. The number of aliphatic hydroxyl groups excluding tert-OH is 2. The van der Waals surface area contributed by atoms with E-state index in [1.54, 1.807) is 24.3 Å². The van der Waals surface area contributed by atoms with Gasteiger partial charge < -0.3 is 31.5 Å². The van der Waals surface area contributed by atoms with Crippen molar-refractivity contribution >= 4 is 22.9 Å². The lowest BCUT2D eigenvalue weighted by Gasteiger charge is -2.17. The number of anilines is 1. The molecule has 2 aliphatic rings. The molecule has 2 aromatic rings. The Morgan fingerprint density at radius 2 is 1.79 bits per heavy atom. The maximum atomic E-state index is 13.2. The van der Waals surface area contributed by atoms with Gasteiger partial charge in [0.05, 0.1) is 18.4 Å². The molecule has 7 N–H and O–H groups in total. The number of phenols is 1. The molecule has 0 saturated carbocycles. The lowest BCUT2D eigenvalue weighted by Crippen LogP contribution is -2.22. The van der Waals surface area contributed by atoms with Crippen molar-refractivity contribution in [2.45, 2.75) is 6.10 Å². The SMILES string of the molecule is COc1ccc(-c2cc(O)c3c(c2N)C(=O)C2=[N+]=C(C(N)=CC=C2O)C3O)cc1. The zero-order valence-corrected chi connectivity index (χ0v) is 15.4. The third-order valence-corrected chi connectivity index (χ3v) is 4.95. The predicted octanol–water partition coefficient (Wildman–Crippen LogP) is 1.13. The first-order valence-electron chi connectivity index (χ1n) is 8.68. The minimum absolute atomic E-state index is 0.0388. The Labute approximate surface area is 165 Å². The van der Waals surface area contributed by atoms with Crippen LogP contribution in [-0.2, 0) is 0 Å². The molecule has 1 unspecified atom stereocenters. The molecule has 2 bridgehead atoms. The van der Waals surface area contributed by atoms with Crippen LogP contribution in [0.2, 0.25) is 0 Å². The van der Waals surface area contributed by atoms with Gasteiger partial charge in [-0.05, 0) is 35.9 Å². The number of methoxy groups -OCH3 is 1. The molecule has 29 heavy (non-hydrogen) atoms. The highest BCUT2D eigenvalue weighted by atomic mass is 16.5. The Hall–Kier alpha value is -4.00. The van der Waals surface area contributed by atoms with E-state index in [0.717, 1.165) is 0 Å². The summed E-state index contributed by atoms with van der Waals surface area (Å²) in [5.41, 5.74) is 12.7. The van der Waals surface area contributed by atoms with Crippen LogP contribution >= 0.6 is 0 Å². The van der Waals surface area contributed by atoms with E-state index in [1.165, 1.54) is 25.3 Å². The number of phenolic OH excluding ortho intramolecular Hbond substituents is 1. The van der Waals surface area contributed by atoms with Gasteiger partial charge in [-0.1, -0.05) is 16.8 Å². The molecule has 8 nitrogen and oxygen atoms in total. The summed E-state index contributed by atoms with van der Waals surface area (Å²) in [5.74, 6) is -0.853. The number of rotatable bonds is 2. The number of aromatic hydroxyl groups is 1. The first kappa shape index (κ1) is 18.4. The Kier molecular flexibility index (Phi) is 4.15. The van der Waals surface area contributed by atoms with Crippen LogP contribution in [0.3, 0.4) is 0 Å². The topological polar surface area (TPSA) is 153 Å². The number of carbonyl (C=O) groups excluding carboxylic acids is 1. The number of benzene rings is 2. The fourth-order valence-electron chi connectivity index (χ4n) is 3.45. The fourth-order valence-corrected chi connectivity index (χ4v) is 3.45. The molecular weight excluding hydrogens is 374 g/mol. The molecule has 2 aromatic carbocycles. The molecule has 0 aliphatic carbocycles. The smallest absolute Gasteiger partial charge is 0.416 e. The Balaban J connectivity index is 1.99. The summed E-state index contributed by atoms with van der Waals surface area (Å²) in [6, 6.07) is 8.25. The third-order valence-electron chi connectivity index (χ3n) is 4.95. The third kappa shape index (κ3) is 2.75. The minimum Gasteiger partial charge on any atom is -0.508 e. The number of hydrogen-bond acceptors (Lipinski definition) is 7. The quantitative estimate of drug-likeness (QED) is 0.292. The first-order chi connectivity index (χ1) is 13.8. The van der Waals surface area contributed by atoms with Gasteiger partial charge in [0.25, 0.3) is 5.78 Å². The van der Waals surface area contributed by atoms with Gasteiger partial charge in [0, 0.05) is 11.1 Å². The summed E-state index contributed by atoms with van der Waals surface area (Å²) in [6.07, 6.45) is 1.05. The standard InChI is InChI=1S/C21H17N3O5/c1-29-10-4-2-9(3-5-10)11-8-14(26)15-16(17(11)23)21(28)19-13(25)7-6-12(22)18(24-19)20(15)27/h2-8,20,27H,1H3,(H5,22,23,24,25,26,28)/p+1. The van der Waals surface area contributed by atoms with E-state index in [9.17, 15) is 20.1 Å². The summed E-state index contributed by atoms with van der Waals surface area (Å²) >= 11 is 0. The molecule has 0 fully saturated rings. The first-order valence-corrected chi connectivity index (χ1v) is 8.68. The van der Waals surface area contributed by atoms with Crippen molar-refractivity contribution in [1.82, 2.24) is 4.67 Å². The number of nitrogen functional groups attached to an aromatic ring is 1. The van der Waals surface area contributed by atoms with Crippen molar-refractivity contribution in [3.05, 3.63) is 65.1 Å². The molecule has 2 aliphatic heterocycles. The lowest BCUT2D eigenvalue weighted by atomic mass is 9.88. The number of nitrogens with zero attached hydrogens (tertiary/aromatic N) is 1. The van der Waals surface area contributed by atoms with E-state index in [-0.39, 0.29) is 39.7 Å². The molecule has 8 heteroatoms. The van der Waals surface area contributed by atoms with Gasteiger partial charge in [-0.2, -0.15) is 0 Å². The molecule has 0 radical (unpaired) electrons. The van der Waals surface area contributed by atoms with Crippen molar-refractivity contribution < 1.29 is 24.9 Å². The predicted molar refractivity (Wildman–Crippen MR) is 109 cm³/mol. The number of allylic oxidation sites excluding steroid dienone is 3. The van der Waals surface area contributed by atoms with Gasteiger partial charge in [0.2, 0.25) is 5.76 Å². The number of ether oxygens (including phenoxy) is 1. The van der Waals surface area contributed by atoms with Gasteiger partial charge in [-0.15, -0.1) is 0 Å². The number of fused-ring (bicyclic) bond motifs is 1. The fraction of sp³-hybridized carbons (Fsp3) is 0.0952. The van der Waals surface area contributed by atoms with Crippen molar-refractivity contribution in [1.29, 1.82) is 0 Å². The maximum absolute atomic E-state index is 13.2. The van der Waals surface area contributed by atoms with E-state index >= 15 is 0 Å². The number of carbonyl (C=O) groups is 1. The highest BCUT2D eigenvalue weighted by molar-refractivity contribution is 6.53. The summed E-state index contributed by atoms with van der Waals surface area (Å²) in [5, 5.41) is 31.7. The minimum atomic E-state index is -1.51. The van der Waals surface area contributed by atoms with Crippen molar-refractivity contribution in [2.75, 3.05) is 12.8 Å². The lowest BCUT2D eigenvalue weighted by molar-refractivity contribution is 0.106. The molecule has 0 spiro atoms. The van der Waals surface area contributed by atoms with Gasteiger partial charge in [0.15, 0.2) is 6.10 Å². The molecular formula is C21H18N3O5+. The molecule has 0 saturated heterocycles. The Morgan fingerprint density at radius 3 is 2.45 bits per heavy atom. The summed E-state index contributed by atoms with van der Waals surface area (Å²) in [7, 11) is 1.54. The Bertz CT molecular complexity index is 1190. The van der Waals surface area contributed by atoms with E-state index < -0.39 is 17.6 Å². The largest absolute Gasteiger partial charge is 0.508 e. The molecule has 146 valence electrons. The van der Waals surface area contributed by atoms with Crippen LogP contribution in [0.1, 0.15) is 22.0 Å². The number of nitrogens with two attached hydrogens (primary N) is 2. The van der Waals surface area contributed by atoms with E-state index in [0.29, 0.717) is 16.9 Å². The second-order valence-electron chi connectivity index (χ2n) is 6.63. The zero-order chi connectivity index (χ0) is 20.9. The van der Waals surface area contributed by atoms with Crippen LogP contribution in [0.15, 0.2) is 53.9 Å². The molecule has 4 rings (SSSR count). The van der Waals surface area contributed by atoms with Crippen LogP contribution in [0, 0.1) is 0 Å². The highest BCUT2D eigenvalue weighted by Crippen LogP contribution is 2.41. The maximum Gasteiger partial charge on any atom is 0.416 e. The highest BCUT2D eigenvalue weighted by Gasteiger charge is 2.44. The number of aliphatic hydroxyl groups is 2. The van der Waals surface area contributed by atoms with Crippen molar-refractivity contribution in [2.24, 2.45) is 5.73 Å². The Morgan fingerprint density at radius 1 is 1.10 bits per heavy atom. The van der Waals surface area contributed by atoms with Crippen LogP contribution in [0.25, 0.3) is 11.1 Å². The van der Waals surface area contributed by atoms with Crippen LogP contribution < -0.4 is 20.9 Å². The van der Waals surface area contributed by atoms with Gasteiger partial charge >= 0.3 is 11.4 Å². The number of hydrogen-bond donors (Lipinski definition) is 5. The summed E-state index contributed by atoms with van der Waals surface area (Å²) < 4.78 is 9.20. The molecule has 0 amide bonds. The van der Waals surface area contributed by atoms with E-state index in [4.69, 9.17) is 16.2 Å². The van der Waals surface area contributed by atoms with E-state index in [1.807, 2.05) is 0 Å². The van der Waals surface area contributed by atoms with Crippen LogP contribution in [0.5, 0.6) is 11.5 Å². The van der Waals surface area contributed by atoms with Gasteiger partial charge in [0.1, 0.15) is 17.2 Å². The summed E-state index contributed by atoms with van der Waals surface area (Å²) in [4.78, 5) is 13.2. The second-order valence-corrected chi connectivity index (χ2v) is 6.63. The molecule has 2 heterocycles. The van der Waals surface area contributed by atoms with Crippen molar-refractivity contribution in [3.8, 4) is 22.6 Å². The van der Waals surface area contributed by atoms with Gasteiger partial charge in [-0.25, -0.2) is 0 Å². The number of Topliss-reactive ketones (excluding diaryl/α,β-unsaturated/α-hetero) is 1. The van der Waals surface area contributed by atoms with Gasteiger partial charge in [-0.3, -0.25) is 4.79 Å². The zero-order valence-electron chi connectivity index (χ0n) is 15.4. The van der Waals surface area contributed by atoms with Crippen LogP contribution in [-0.4, -0.2) is 39.6 Å². The average molecular weight is 392 g/mol. The second kappa shape index (κ2) is 6.56. The van der Waals surface area contributed by atoms with Crippen LogP contribution in [0.4, 0.5) is 5.69 Å². The van der Waals surface area contributed by atoms with E-state index in [2.05, 4.69) is 4.67 Å². The monoisotopic (exact) mass is 392 g/mol. The van der Waals surface area contributed by atoms with Crippen molar-refractivity contribution in [3.63, 3.8) is 0 Å².